The minimum Gasteiger partial charge on any atom is -0.481 e. The number of aromatic nitrogens is 2. The van der Waals surface area contributed by atoms with E-state index in [1.165, 1.54) is 30.9 Å². The van der Waals surface area contributed by atoms with Gasteiger partial charge in [0.25, 0.3) is 9.05 Å². The smallest absolute Gasteiger partial charge is 0.278 e. The Hall–Kier alpha value is -2.29. The highest BCUT2D eigenvalue weighted by molar-refractivity contribution is 8.13. The molecule has 9 heteroatoms. The zero-order valence-corrected chi connectivity index (χ0v) is 17.7. The van der Waals surface area contributed by atoms with Gasteiger partial charge in [-0.3, -0.25) is 0 Å². The molecule has 0 N–H and O–H groups in total. The summed E-state index contributed by atoms with van der Waals surface area (Å²) in [7, 11) is 4.32. The Labute approximate surface area is 173 Å². The van der Waals surface area contributed by atoms with Crippen molar-refractivity contribution in [3.8, 4) is 11.8 Å². The third-order valence-corrected chi connectivity index (χ3v) is 5.50. The number of hydrogen-bond acceptors (Lipinski definition) is 7. The molecule has 0 radical (unpaired) electrons. The molecule has 148 valence electrons. The number of nitrogens with zero attached hydrogens (tertiary/aromatic N) is 2. The molecule has 0 fully saturated rings. The van der Waals surface area contributed by atoms with E-state index in [0.717, 1.165) is 10.8 Å². The van der Waals surface area contributed by atoms with Gasteiger partial charge < -0.3 is 9.47 Å². The van der Waals surface area contributed by atoms with E-state index in [0.29, 0.717) is 5.88 Å². The molecule has 0 saturated carbocycles. The van der Waals surface area contributed by atoms with Crippen LogP contribution in [0, 0.1) is 0 Å². The molecule has 0 aliphatic heterocycles. The molecule has 0 saturated heterocycles. The van der Waals surface area contributed by atoms with Crippen molar-refractivity contribution in [3.63, 3.8) is 0 Å². The van der Waals surface area contributed by atoms with Crippen LogP contribution in [0.3, 0.4) is 0 Å². The van der Waals surface area contributed by atoms with Crippen molar-refractivity contribution in [3.05, 3.63) is 72.3 Å². The van der Waals surface area contributed by atoms with E-state index in [2.05, 4.69) is 34.2 Å². The zero-order valence-electron chi connectivity index (χ0n) is 15.3. The lowest BCUT2D eigenvalue weighted by atomic mass is 10.2. The van der Waals surface area contributed by atoms with E-state index >= 15 is 0 Å². The van der Waals surface area contributed by atoms with Gasteiger partial charge in [-0.15, -0.1) is 11.8 Å². The molecule has 0 unspecified atom stereocenters. The van der Waals surface area contributed by atoms with Crippen molar-refractivity contribution < 1.29 is 17.9 Å². The van der Waals surface area contributed by atoms with Gasteiger partial charge in [-0.1, -0.05) is 42.5 Å². The first-order valence-electron chi connectivity index (χ1n) is 8.06. The number of rotatable bonds is 6. The van der Waals surface area contributed by atoms with E-state index in [1.54, 1.807) is 18.9 Å². The zero-order chi connectivity index (χ0) is 20.4. The first-order chi connectivity index (χ1) is 13.4. The van der Waals surface area contributed by atoms with Gasteiger partial charge in [0.15, 0.2) is 5.03 Å². The molecule has 2 heterocycles. The fourth-order valence-corrected chi connectivity index (χ4v) is 3.50. The quantitative estimate of drug-likeness (QED) is 0.416. The summed E-state index contributed by atoms with van der Waals surface area (Å²) in [5.41, 5.74) is 1.30. The number of halogens is 1. The van der Waals surface area contributed by atoms with Crippen molar-refractivity contribution in [1.82, 2.24) is 9.97 Å². The Morgan fingerprint density at radius 2 is 1.46 bits per heavy atom. The largest absolute Gasteiger partial charge is 0.481 e. The molecule has 1 aromatic carbocycles. The van der Waals surface area contributed by atoms with Crippen molar-refractivity contribution >= 4 is 31.5 Å². The fourth-order valence-electron chi connectivity index (χ4n) is 1.97. The molecule has 2 aromatic heterocycles. The van der Waals surface area contributed by atoms with Gasteiger partial charge in [0, 0.05) is 28.6 Å². The summed E-state index contributed by atoms with van der Waals surface area (Å²) < 4.78 is 31.3. The molecule has 0 aliphatic rings. The molecule has 6 nitrogen and oxygen atoms in total. The van der Waals surface area contributed by atoms with Gasteiger partial charge in [0.05, 0.1) is 14.2 Å². The van der Waals surface area contributed by atoms with E-state index in [4.69, 9.17) is 20.2 Å². The minimum absolute atomic E-state index is 0.205. The van der Waals surface area contributed by atoms with Gasteiger partial charge in [-0.05, 0) is 17.7 Å². The third-order valence-electron chi connectivity index (χ3n) is 3.29. The summed E-state index contributed by atoms with van der Waals surface area (Å²) >= 11 is 1.71. The molecule has 3 rings (SSSR count). The van der Waals surface area contributed by atoms with Crippen LogP contribution in [0.2, 0.25) is 0 Å². The van der Waals surface area contributed by atoms with Crippen LogP contribution in [0.25, 0.3) is 0 Å². The topological polar surface area (TPSA) is 78.4 Å². The highest BCUT2D eigenvalue weighted by atomic mass is 35.7. The molecule has 0 atom stereocenters. The Kier molecular flexibility index (Phi) is 8.56. The van der Waals surface area contributed by atoms with Crippen molar-refractivity contribution in [2.75, 3.05) is 14.2 Å². The summed E-state index contributed by atoms with van der Waals surface area (Å²) in [4.78, 5) is 7.97. The highest BCUT2D eigenvalue weighted by Gasteiger charge is 2.11. The van der Waals surface area contributed by atoms with E-state index in [9.17, 15) is 8.42 Å². The van der Waals surface area contributed by atoms with Crippen molar-refractivity contribution in [1.29, 1.82) is 0 Å². The predicted octanol–water partition coefficient (Wildman–Crippen LogP) is 4.40. The van der Waals surface area contributed by atoms with Gasteiger partial charge in [0.2, 0.25) is 11.8 Å². The SMILES string of the molecule is COc1cccc(S(=O)(=O)Cl)n1.COc1cccc(SCc2ccccc2)n1. The third kappa shape index (κ3) is 7.38. The number of thioether (sulfide) groups is 1. The fraction of sp³-hybridized carbons (Fsp3) is 0.158. The van der Waals surface area contributed by atoms with Crippen LogP contribution >= 0.6 is 22.4 Å². The minimum atomic E-state index is -3.75. The predicted molar refractivity (Wildman–Crippen MR) is 111 cm³/mol. The van der Waals surface area contributed by atoms with Crippen LogP contribution in [-0.4, -0.2) is 32.6 Å². The van der Waals surface area contributed by atoms with Crippen molar-refractivity contribution in [2.45, 2.75) is 15.8 Å². The lowest BCUT2D eigenvalue weighted by molar-refractivity contribution is 0.394. The summed E-state index contributed by atoms with van der Waals surface area (Å²) in [6.07, 6.45) is 0. The molecule has 3 aromatic rings. The number of methoxy groups -OCH3 is 2. The monoisotopic (exact) mass is 438 g/mol. The lowest BCUT2D eigenvalue weighted by Crippen LogP contribution is -1.96. The van der Waals surface area contributed by atoms with Crippen molar-refractivity contribution in [2.24, 2.45) is 0 Å². The Morgan fingerprint density at radius 1 is 0.857 bits per heavy atom. The number of ether oxygens (including phenoxy) is 2. The second-order valence-corrected chi connectivity index (χ2v) is 8.76. The Bertz CT molecular complexity index is 986. The Morgan fingerprint density at radius 3 is 2.07 bits per heavy atom. The second-order valence-electron chi connectivity index (χ2n) is 5.25. The van der Waals surface area contributed by atoms with Gasteiger partial charge >= 0.3 is 0 Å². The Balaban J connectivity index is 0.000000209. The molecule has 0 spiro atoms. The van der Waals surface area contributed by atoms with Crippen LogP contribution in [0.5, 0.6) is 11.8 Å². The average molecular weight is 439 g/mol. The maximum absolute atomic E-state index is 10.7. The van der Waals surface area contributed by atoms with Crippen LogP contribution in [0.15, 0.2) is 76.8 Å². The molecule has 28 heavy (non-hydrogen) atoms. The van der Waals surface area contributed by atoms with Crippen LogP contribution in [0.4, 0.5) is 0 Å². The summed E-state index contributed by atoms with van der Waals surface area (Å²) in [5, 5.41) is 0.784. The summed E-state index contributed by atoms with van der Waals surface area (Å²) in [6, 6.07) is 20.5. The van der Waals surface area contributed by atoms with Gasteiger partial charge in [-0.25, -0.2) is 18.4 Å². The second kappa shape index (κ2) is 10.9. The van der Waals surface area contributed by atoms with Crippen LogP contribution in [-0.2, 0) is 14.8 Å². The average Bonchev–Trinajstić information content (AvgIpc) is 2.73. The first-order valence-corrected chi connectivity index (χ1v) is 11.4. The molecular formula is C19H19ClN2O4S2. The van der Waals surface area contributed by atoms with Gasteiger partial charge in [0.1, 0.15) is 5.03 Å². The molecule has 0 amide bonds. The molecule has 0 aliphatic carbocycles. The molecular weight excluding hydrogens is 420 g/mol. The highest BCUT2D eigenvalue weighted by Crippen LogP contribution is 2.22. The van der Waals surface area contributed by atoms with Crippen LogP contribution < -0.4 is 9.47 Å². The summed E-state index contributed by atoms with van der Waals surface area (Å²) in [5.74, 6) is 1.82. The maximum Gasteiger partial charge on any atom is 0.278 e. The number of benzene rings is 1. The first kappa shape index (κ1) is 22.0. The standard InChI is InChI=1S/C13H13NOS.C6H6ClNO3S/c1-15-12-8-5-9-13(14-12)16-10-11-6-3-2-4-7-11;1-11-5-3-2-4-6(8-5)12(7,9)10/h2-9H,10H2,1H3;2-4H,1H3. The van der Waals surface area contributed by atoms with E-state index < -0.39 is 9.05 Å². The lowest BCUT2D eigenvalue weighted by Gasteiger charge is -2.03. The number of hydrogen-bond donors (Lipinski definition) is 0. The molecule has 0 bridgehead atoms. The summed E-state index contributed by atoms with van der Waals surface area (Å²) in [6.45, 7) is 0. The van der Waals surface area contributed by atoms with Crippen LogP contribution in [0.1, 0.15) is 5.56 Å². The number of pyridine rings is 2. The van der Waals surface area contributed by atoms with E-state index in [1.807, 2.05) is 24.3 Å². The maximum atomic E-state index is 10.7. The van der Waals surface area contributed by atoms with Gasteiger partial charge in [-0.2, -0.15) is 0 Å². The normalized spacial score (nSPS) is 10.5. The van der Waals surface area contributed by atoms with E-state index in [-0.39, 0.29) is 10.9 Å².